The number of thioether (sulfide) groups is 1. The van der Waals surface area contributed by atoms with Crippen LogP contribution in [0.2, 0.25) is 0 Å². The molecule has 0 radical (unpaired) electrons. The second kappa shape index (κ2) is 10.2. The molecule has 4 rings (SSSR count). The number of benzene rings is 2. The molecule has 8 nitrogen and oxygen atoms in total. The Balaban J connectivity index is 1.49. The smallest absolute Gasteiger partial charge is 0.234 e. The monoisotopic (exact) mass is 471 g/mol. The van der Waals surface area contributed by atoms with E-state index in [-0.39, 0.29) is 23.5 Å². The van der Waals surface area contributed by atoms with E-state index in [1.807, 2.05) is 30.5 Å². The van der Waals surface area contributed by atoms with Crippen LogP contribution in [0.15, 0.2) is 47.6 Å². The summed E-state index contributed by atoms with van der Waals surface area (Å²) < 4.78 is 26.6. The van der Waals surface area contributed by atoms with Gasteiger partial charge in [-0.2, -0.15) is 0 Å². The van der Waals surface area contributed by atoms with E-state index >= 15 is 0 Å². The SMILES string of the molecule is CC(c1nnc(SCC(=O)Nc2ccc3c(c2)OCCCO3)n1-c1ccc(F)cc1)N(C)C. The molecule has 174 valence electrons. The lowest BCUT2D eigenvalue weighted by Crippen LogP contribution is -2.21. The number of carbonyl (C=O) groups is 1. The Kier molecular flexibility index (Phi) is 7.14. The number of amides is 1. The van der Waals surface area contributed by atoms with E-state index in [9.17, 15) is 9.18 Å². The molecule has 0 fully saturated rings. The average Bonchev–Trinajstić information content (AvgIpc) is 3.08. The summed E-state index contributed by atoms with van der Waals surface area (Å²) in [6.45, 7) is 3.20. The molecule has 0 saturated carbocycles. The second-order valence-electron chi connectivity index (χ2n) is 7.84. The molecule has 1 aliphatic heterocycles. The summed E-state index contributed by atoms with van der Waals surface area (Å²) in [6, 6.07) is 11.4. The first-order chi connectivity index (χ1) is 15.9. The largest absolute Gasteiger partial charge is 0.490 e. The van der Waals surface area contributed by atoms with Crippen molar-refractivity contribution >= 4 is 23.4 Å². The summed E-state index contributed by atoms with van der Waals surface area (Å²) in [4.78, 5) is 14.7. The number of nitrogens with one attached hydrogen (secondary N) is 1. The number of ether oxygens (including phenoxy) is 2. The molecule has 0 spiro atoms. The Morgan fingerprint density at radius 3 is 2.61 bits per heavy atom. The lowest BCUT2D eigenvalue weighted by atomic mass is 10.2. The lowest BCUT2D eigenvalue weighted by molar-refractivity contribution is -0.113. The normalized spacial score (nSPS) is 14.1. The van der Waals surface area contributed by atoms with Gasteiger partial charge in [-0.15, -0.1) is 10.2 Å². The predicted molar refractivity (Wildman–Crippen MR) is 125 cm³/mol. The van der Waals surface area contributed by atoms with E-state index in [1.54, 1.807) is 30.3 Å². The van der Waals surface area contributed by atoms with Crippen LogP contribution < -0.4 is 14.8 Å². The minimum atomic E-state index is -0.322. The minimum Gasteiger partial charge on any atom is -0.490 e. The zero-order valence-corrected chi connectivity index (χ0v) is 19.6. The van der Waals surface area contributed by atoms with Crippen molar-refractivity contribution in [2.45, 2.75) is 24.5 Å². The third-order valence-corrected chi connectivity index (χ3v) is 6.18. The molecule has 0 bridgehead atoms. The molecule has 3 aromatic rings. The fourth-order valence-electron chi connectivity index (χ4n) is 3.28. The van der Waals surface area contributed by atoms with E-state index in [0.29, 0.717) is 41.4 Å². The molecule has 1 aromatic heterocycles. The van der Waals surface area contributed by atoms with Gasteiger partial charge in [0, 0.05) is 23.9 Å². The number of halogens is 1. The van der Waals surface area contributed by atoms with Gasteiger partial charge in [-0.1, -0.05) is 11.8 Å². The standard InChI is InChI=1S/C23H26FN5O3S/c1-15(28(2)3)22-26-27-23(29(22)18-8-5-16(24)6-9-18)33-14-21(30)25-17-7-10-19-20(13-17)32-12-4-11-31-19/h5-10,13,15H,4,11-12,14H2,1-3H3,(H,25,30). The van der Waals surface area contributed by atoms with Crippen LogP contribution in [0.3, 0.4) is 0 Å². The maximum atomic E-state index is 13.5. The van der Waals surface area contributed by atoms with Crippen molar-refractivity contribution in [2.75, 3.05) is 38.4 Å². The van der Waals surface area contributed by atoms with Crippen LogP contribution in [0.1, 0.15) is 25.2 Å². The Bertz CT molecular complexity index is 1120. The third kappa shape index (κ3) is 5.45. The van der Waals surface area contributed by atoms with Gasteiger partial charge >= 0.3 is 0 Å². The first kappa shape index (κ1) is 23.1. The van der Waals surface area contributed by atoms with Crippen molar-refractivity contribution in [1.29, 1.82) is 0 Å². The molecule has 2 aromatic carbocycles. The topological polar surface area (TPSA) is 81.5 Å². The number of aromatic nitrogens is 3. The van der Waals surface area contributed by atoms with E-state index in [4.69, 9.17) is 9.47 Å². The van der Waals surface area contributed by atoms with Crippen LogP contribution >= 0.6 is 11.8 Å². The number of carbonyl (C=O) groups excluding carboxylic acids is 1. The Labute approximate surface area is 196 Å². The summed E-state index contributed by atoms with van der Waals surface area (Å²) in [5.41, 5.74) is 1.36. The first-order valence-corrected chi connectivity index (χ1v) is 11.6. The lowest BCUT2D eigenvalue weighted by Gasteiger charge is -2.20. The number of hydrogen-bond acceptors (Lipinski definition) is 7. The van der Waals surface area contributed by atoms with Gasteiger partial charge in [0.2, 0.25) is 5.91 Å². The van der Waals surface area contributed by atoms with Gasteiger partial charge in [0.25, 0.3) is 0 Å². The first-order valence-electron chi connectivity index (χ1n) is 10.6. The van der Waals surface area contributed by atoms with Crippen molar-refractivity contribution < 1.29 is 18.7 Å². The molecule has 0 aliphatic carbocycles. The van der Waals surface area contributed by atoms with Crippen molar-refractivity contribution in [2.24, 2.45) is 0 Å². The summed E-state index contributed by atoms with van der Waals surface area (Å²) in [6.07, 6.45) is 0.816. The zero-order valence-electron chi connectivity index (χ0n) is 18.7. The van der Waals surface area contributed by atoms with E-state index in [2.05, 4.69) is 15.5 Å². The zero-order chi connectivity index (χ0) is 23.4. The molecule has 1 amide bonds. The van der Waals surface area contributed by atoms with Crippen LogP contribution in [0.25, 0.3) is 5.69 Å². The van der Waals surface area contributed by atoms with Gasteiger partial charge < -0.3 is 14.8 Å². The Morgan fingerprint density at radius 1 is 1.15 bits per heavy atom. The van der Waals surface area contributed by atoms with Crippen LogP contribution in [0, 0.1) is 5.82 Å². The van der Waals surface area contributed by atoms with E-state index in [0.717, 1.165) is 12.1 Å². The second-order valence-corrected chi connectivity index (χ2v) is 8.78. The number of fused-ring (bicyclic) bond motifs is 1. The van der Waals surface area contributed by atoms with Crippen molar-refractivity contribution in [3.05, 3.63) is 54.1 Å². The summed E-state index contributed by atoms with van der Waals surface area (Å²) in [5, 5.41) is 12.1. The van der Waals surface area contributed by atoms with Gasteiger partial charge in [-0.3, -0.25) is 14.3 Å². The minimum absolute atomic E-state index is 0.0347. The maximum Gasteiger partial charge on any atom is 0.234 e. The van der Waals surface area contributed by atoms with Crippen molar-refractivity contribution in [1.82, 2.24) is 19.7 Å². The fourth-order valence-corrected chi connectivity index (χ4v) is 4.04. The molecule has 1 aliphatic rings. The fraction of sp³-hybridized carbons (Fsp3) is 0.348. The molecule has 1 atom stereocenters. The number of nitrogens with zero attached hydrogens (tertiary/aromatic N) is 4. The molecular weight excluding hydrogens is 445 g/mol. The summed E-state index contributed by atoms with van der Waals surface area (Å²) in [7, 11) is 3.90. The van der Waals surface area contributed by atoms with Crippen LogP contribution in [0.4, 0.5) is 10.1 Å². The van der Waals surface area contributed by atoms with E-state index in [1.165, 1.54) is 23.9 Å². The van der Waals surface area contributed by atoms with Gasteiger partial charge in [-0.05, 0) is 57.4 Å². The predicted octanol–water partition coefficient (Wildman–Crippen LogP) is 3.92. The molecule has 1 unspecified atom stereocenters. The third-order valence-electron chi connectivity index (χ3n) is 5.26. The number of rotatable bonds is 7. The van der Waals surface area contributed by atoms with E-state index < -0.39 is 0 Å². The van der Waals surface area contributed by atoms with Gasteiger partial charge in [0.05, 0.1) is 25.0 Å². The summed E-state index contributed by atoms with van der Waals surface area (Å²) in [5.74, 6) is 1.62. The van der Waals surface area contributed by atoms with Crippen molar-refractivity contribution in [3.8, 4) is 17.2 Å². The summed E-state index contributed by atoms with van der Waals surface area (Å²) >= 11 is 1.26. The highest BCUT2D eigenvalue weighted by molar-refractivity contribution is 7.99. The highest BCUT2D eigenvalue weighted by Crippen LogP contribution is 2.32. The molecule has 33 heavy (non-hydrogen) atoms. The quantitative estimate of drug-likeness (QED) is 0.523. The van der Waals surface area contributed by atoms with Gasteiger partial charge in [0.1, 0.15) is 5.82 Å². The van der Waals surface area contributed by atoms with Crippen LogP contribution in [-0.4, -0.2) is 58.6 Å². The number of hydrogen-bond donors (Lipinski definition) is 1. The highest BCUT2D eigenvalue weighted by atomic mass is 32.2. The molecule has 10 heteroatoms. The average molecular weight is 472 g/mol. The van der Waals surface area contributed by atoms with Crippen LogP contribution in [0.5, 0.6) is 11.5 Å². The molecular formula is C23H26FN5O3S. The molecule has 0 saturated heterocycles. The Morgan fingerprint density at radius 2 is 1.88 bits per heavy atom. The van der Waals surface area contributed by atoms with Gasteiger partial charge in [-0.25, -0.2) is 4.39 Å². The van der Waals surface area contributed by atoms with Crippen molar-refractivity contribution in [3.63, 3.8) is 0 Å². The molecule has 1 N–H and O–H groups in total. The van der Waals surface area contributed by atoms with Gasteiger partial charge in [0.15, 0.2) is 22.5 Å². The molecule has 2 heterocycles. The highest BCUT2D eigenvalue weighted by Gasteiger charge is 2.22. The Hall–Kier alpha value is -3.11. The number of anilines is 1. The maximum absolute atomic E-state index is 13.5. The van der Waals surface area contributed by atoms with Crippen LogP contribution in [-0.2, 0) is 4.79 Å².